The van der Waals surface area contributed by atoms with Gasteiger partial charge in [0, 0.05) is 16.3 Å². The second-order valence-corrected chi connectivity index (χ2v) is 11.9. The van der Waals surface area contributed by atoms with Crippen LogP contribution in [0.25, 0.3) is 0 Å². The van der Waals surface area contributed by atoms with Crippen molar-refractivity contribution in [1.29, 1.82) is 0 Å². The van der Waals surface area contributed by atoms with Gasteiger partial charge in [0.25, 0.3) is 10.0 Å². The van der Waals surface area contributed by atoms with Crippen LogP contribution in [0.2, 0.25) is 0 Å². The number of ether oxygens (including phenoxy) is 1. The molecule has 0 unspecified atom stereocenters. The van der Waals surface area contributed by atoms with Gasteiger partial charge in [-0.3, -0.25) is 4.72 Å². The van der Waals surface area contributed by atoms with E-state index in [1.54, 1.807) is 59.9 Å². The standard InChI is InChI=1S/C26H29N3O4S3/c1-17-9-15-20(16-10-17)36(31,32)29-19-13-11-18(12-14-19)27-26(34)28-24-23(25(30)33-2)21-7-5-3-4-6-8-22(21)35-24/h9-16,29H,3-8H2,1-2H3,(H2,27,28,34). The van der Waals surface area contributed by atoms with Gasteiger partial charge in [0.15, 0.2) is 5.11 Å². The lowest BCUT2D eigenvalue weighted by Gasteiger charge is -2.13. The highest BCUT2D eigenvalue weighted by molar-refractivity contribution is 7.92. The van der Waals surface area contributed by atoms with Gasteiger partial charge in [0.1, 0.15) is 5.00 Å². The molecule has 7 nitrogen and oxygen atoms in total. The first kappa shape index (κ1) is 26.1. The van der Waals surface area contributed by atoms with Crippen LogP contribution in [0.5, 0.6) is 0 Å². The number of carbonyl (C=O) groups excluding carboxylic acids is 1. The van der Waals surface area contributed by atoms with E-state index in [-0.39, 0.29) is 10.9 Å². The van der Waals surface area contributed by atoms with E-state index in [0.717, 1.165) is 43.2 Å². The smallest absolute Gasteiger partial charge is 0.341 e. The maximum absolute atomic E-state index is 12.6. The van der Waals surface area contributed by atoms with Gasteiger partial charge in [-0.15, -0.1) is 11.3 Å². The van der Waals surface area contributed by atoms with Gasteiger partial charge < -0.3 is 15.4 Å². The number of rotatable bonds is 6. The molecule has 0 saturated carbocycles. The van der Waals surface area contributed by atoms with Crippen molar-refractivity contribution in [3.63, 3.8) is 0 Å². The fourth-order valence-electron chi connectivity index (χ4n) is 4.14. The Hall–Kier alpha value is -2.95. The number of benzene rings is 2. The summed E-state index contributed by atoms with van der Waals surface area (Å²) in [5, 5.41) is 7.31. The van der Waals surface area contributed by atoms with Crippen LogP contribution in [-0.2, 0) is 27.6 Å². The average molecular weight is 544 g/mol. The number of anilines is 3. The monoisotopic (exact) mass is 543 g/mol. The number of aryl methyl sites for hydroxylation is 2. The Balaban J connectivity index is 1.45. The maximum atomic E-state index is 12.6. The third-order valence-corrected chi connectivity index (χ3v) is 8.82. The summed E-state index contributed by atoms with van der Waals surface area (Å²) in [6.45, 7) is 1.90. The minimum absolute atomic E-state index is 0.201. The molecule has 4 rings (SSSR count). The van der Waals surface area contributed by atoms with Gasteiger partial charge in [-0.1, -0.05) is 30.5 Å². The molecule has 0 aliphatic heterocycles. The van der Waals surface area contributed by atoms with Crippen molar-refractivity contribution >= 4 is 61.0 Å². The molecule has 1 aliphatic rings. The van der Waals surface area contributed by atoms with Crippen LogP contribution >= 0.6 is 23.6 Å². The first-order valence-corrected chi connectivity index (χ1v) is 14.5. The van der Waals surface area contributed by atoms with Gasteiger partial charge >= 0.3 is 5.97 Å². The van der Waals surface area contributed by atoms with E-state index in [0.29, 0.717) is 27.1 Å². The minimum atomic E-state index is -3.68. The van der Waals surface area contributed by atoms with Crippen molar-refractivity contribution in [1.82, 2.24) is 0 Å². The molecule has 0 spiro atoms. The molecule has 3 N–H and O–H groups in total. The Morgan fingerprint density at radius 1 is 0.917 bits per heavy atom. The average Bonchev–Trinajstić information content (AvgIpc) is 3.15. The maximum Gasteiger partial charge on any atom is 0.341 e. The summed E-state index contributed by atoms with van der Waals surface area (Å²) < 4.78 is 32.9. The lowest BCUT2D eigenvalue weighted by Crippen LogP contribution is -2.20. The molecule has 0 radical (unpaired) electrons. The van der Waals surface area contributed by atoms with Gasteiger partial charge in [0.05, 0.1) is 17.6 Å². The predicted molar refractivity (Wildman–Crippen MR) is 150 cm³/mol. The van der Waals surface area contributed by atoms with Crippen LogP contribution in [-0.4, -0.2) is 26.6 Å². The van der Waals surface area contributed by atoms with E-state index >= 15 is 0 Å². The Kier molecular flexibility index (Phi) is 8.28. The van der Waals surface area contributed by atoms with Crippen LogP contribution in [0.4, 0.5) is 16.4 Å². The second-order valence-electron chi connectivity index (χ2n) is 8.69. The van der Waals surface area contributed by atoms with Gasteiger partial charge in [-0.25, -0.2) is 13.2 Å². The fraction of sp³-hybridized carbons (Fsp3) is 0.308. The highest BCUT2D eigenvalue weighted by atomic mass is 32.2. The van der Waals surface area contributed by atoms with Gasteiger partial charge in [-0.05, 0) is 86.8 Å². The Morgan fingerprint density at radius 3 is 2.22 bits per heavy atom. The third kappa shape index (κ3) is 6.24. The highest BCUT2D eigenvalue weighted by Crippen LogP contribution is 2.37. The molecule has 0 bridgehead atoms. The summed E-state index contributed by atoms with van der Waals surface area (Å²) in [7, 11) is -2.29. The fourth-order valence-corrected chi connectivity index (χ4v) is 6.77. The summed E-state index contributed by atoms with van der Waals surface area (Å²) in [5.41, 5.74) is 3.75. The minimum Gasteiger partial charge on any atom is -0.465 e. The zero-order valence-corrected chi connectivity index (χ0v) is 22.7. The summed E-state index contributed by atoms with van der Waals surface area (Å²) >= 11 is 7.07. The lowest BCUT2D eigenvalue weighted by molar-refractivity contribution is 0.0601. The topological polar surface area (TPSA) is 96.5 Å². The molecule has 1 aromatic heterocycles. The molecule has 0 saturated heterocycles. The summed E-state index contributed by atoms with van der Waals surface area (Å²) in [5.74, 6) is -0.358. The number of carbonyl (C=O) groups is 1. The number of nitrogens with one attached hydrogen (secondary N) is 3. The molecule has 0 atom stereocenters. The number of fused-ring (bicyclic) bond motifs is 1. The molecule has 1 heterocycles. The van der Waals surface area contributed by atoms with Gasteiger partial charge in [0.2, 0.25) is 0 Å². The van der Waals surface area contributed by atoms with Crippen LogP contribution in [0, 0.1) is 6.92 Å². The predicted octanol–water partition coefficient (Wildman–Crippen LogP) is 6.11. The summed E-state index contributed by atoms with van der Waals surface area (Å²) in [6.07, 6.45) is 6.33. The lowest BCUT2D eigenvalue weighted by atomic mass is 9.96. The molecule has 190 valence electrons. The normalized spacial score (nSPS) is 13.6. The number of methoxy groups -OCH3 is 1. The van der Waals surface area contributed by atoms with E-state index in [2.05, 4.69) is 15.4 Å². The number of hydrogen-bond acceptors (Lipinski definition) is 6. The summed E-state index contributed by atoms with van der Waals surface area (Å²) in [6, 6.07) is 13.5. The van der Waals surface area contributed by atoms with Crippen LogP contribution < -0.4 is 15.4 Å². The van der Waals surface area contributed by atoms with Crippen LogP contribution in [0.3, 0.4) is 0 Å². The number of thiophene rings is 1. The molecule has 3 aromatic rings. The van der Waals surface area contributed by atoms with Crippen LogP contribution in [0.15, 0.2) is 53.4 Å². The van der Waals surface area contributed by atoms with E-state index in [9.17, 15) is 13.2 Å². The van der Waals surface area contributed by atoms with Crippen molar-refractivity contribution < 1.29 is 17.9 Å². The van der Waals surface area contributed by atoms with Crippen molar-refractivity contribution in [3.05, 3.63) is 70.1 Å². The number of thiocarbonyl (C=S) groups is 1. The quantitative estimate of drug-likeness (QED) is 0.255. The number of sulfonamides is 1. The van der Waals surface area contributed by atoms with E-state index < -0.39 is 10.0 Å². The van der Waals surface area contributed by atoms with Crippen molar-refractivity contribution in [2.24, 2.45) is 0 Å². The largest absolute Gasteiger partial charge is 0.465 e. The first-order chi connectivity index (χ1) is 17.3. The Morgan fingerprint density at radius 2 is 1.56 bits per heavy atom. The Bertz CT molecular complexity index is 1350. The number of hydrogen-bond donors (Lipinski definition) is 3. The molecule has 0 fully saturated rings. The highest BCUT2D eigenvalue weighted by Gasteiger charge is 2.25. The molecule has 1 aliphatic carbocycles. The molecule has 0 amide bonds. The van der Waals surface area contributed by atoms with E-state index in [4.69, 9.17) is 17.0 Å². The van der Waals surface area contributed by atoms with Crippen LogP contribution in [0.1, 0.15) is 52.0 Å². The first-order valence-electron chi connectivity index (χ1n) is 11.8. The zero-order chi connectivity index (χ0) is 25.7. The third-order valence-electron chi connectivity index (χ3n) is 6.01. The molecular formula is C26H29N3O4S3. The van der Waals surface area contributed by atoms with Gasteiger partial charge in [-0.2, -0.15) is 0 Å². The van der Waals surface area contributed by atoms with Crippen molar-refractivity contribution in [2.45, 2.75) is 50.3 Å². The number of esters is 1. The van der Waals surface area contributed by atoms with E-state index in [1.165, 1.54) is 18.4 Å². The summed E-state index contributed by atoms with van der Waals surface area (Å²) in [4.78, 5) is 14.0. The van der Waals surface area contributed by atoms with E-state index in [1.807, 2.05) is 6.92 Å². The SMILES string of the molecule is COC(=O)c1c(NC(=S)Nc2ccc(NS(=O)(=O)c3ccc(C)cc3)cc2)sc2c1CCCCCC2. The molecule has 2 aromatic carbocycles. The molecule has 10 heteroatoms. The molecular weight excluding hydrogens is 515 g/mol. The Labute approximate surface area is 221 Å². The molecule has 36 heavy (non-hydrogen) atoms. The van der Waals surface area contributed by atoms with Crippen molar-refractivity contribution in [3.8, 4) is 0 Å². The zero-order valence-electron chi connectivity index (χ0n) is 20.2. The second kappa shape index (κ2) is 11.4. The van der Waals surface area contributed by atoms with Crippen molar-refractivity contribution in [2.75, 3.05) is 22.5 Å².